The second-order valence-electron chi connectivity index (χ2n) is 4.73. The van der Waals surface area contributed by atoms with Gasteiger partial charge in [0.15, 0.2) is 0 Å². The first-order valence-corrected chi connectivity index (χ1v) is 7.32. The van der Waals surface area contributed by atoms with Gasteiger partial charge < -0.3 is 14.8 Å². The van der Waals surface area contributed by atoms with E-state index < -0.39 is 0 Å². The molecule has 0 saturated carbocycles. The van der Waals surface area contributed by atoms with Crippen molar-refractivity contribution in [1.29, 1.82) is 0 Å². The fourth-order valence-electron chi connectivity index (χ4n) is 1.94. The first-order chi connectivity index (χ1) is 9.33. The minimum Gasteiger partial charge on any atom is -0.491 e. The van der Waals surface area contributed by atoms with Gasteiger partial charge in [-0.1, -0.05) is 25.1 Å². The molecule has 3 heteroatoms. The van der Waals surface area contributed by atoms with E-state index in [0.29, 0.717) is 19.3 Å². The average Bonchev–Trinajstić information content (AvgIpc) is 2.43. The lowest BCUT2D eigenvalue weighted by molar-refractivity contribution is 0.0968. The van der Waals surface area contributed by atoms with Crippen molar-refractivity contribution >= 4 is 0 Å². The third-order valence-electron chi connectivity index (χ3n) is 2.97. The fourth-order valence-corrected chi connectivity index (χ4v) is 1.94. The van der Waals surface area contributed by atoms with Crippen LogP contribution in [-0.4, -0.2) is 32.4 Å². The van der Waals surface area contributed by atoms with E-state index in [9.17, 15) is 0 Å². The lowest BCUT2D eigenvalue weighted by atomic mass is 10.1. The number of unbranched alkanes of at least 4 members (excludes halogenated alkanes) is 1. The molecule has 0 bridgehead atoms. The molecule has 19 heavy (non-hydrogen) atoms. The van der Waals surface area contributed by atoms with Crippen molar-refractivity contribution in [2.24, 2.45) is 0 Å². The minimum atomic E-state index is 0.617. The summed E-state index contributed by atoms with van der Waals surface area (Å²) in [5, 5.41) is 3.41. The summed E-state index contributed by atoms with van der Waals surface area (Å²) in [5.41, 5.74) is 0. The van der Waals surface area contributed by atoms with Gasteiger partial charge in [0, 0.05) is 12.6 Å². The number of hydrogen-bond donors (Lipinski definition) is 1. The standard InChI is InChI=1S/C16H27NO2/c1-3-17-15(2)9-7-8-12-18-13-14-19-16-10-5-4-6-11-16/h4-6,10-11,15,17H,3,7-9,12-14H2,1-2H3. The van der Waals surface area contributed by atoms with Gasteiger partial charge in [0.25, 0.3) is 0 Å². The van der Waals surface area contributed by atoms with Crippen LogP contribution in [0.3, 0.4) is 0 Å². The van der Waals surface area contributed by atoms with E-state index in [0.717, 1.165) is 25.3 Å². The van der Waals surface area contributed by atoms with Crippen LogP contribution in [0.2, 0.25) is 0 Å². The number of rotatable bonds is 11. The smallest absolute Gasteiger partial charge is 0.119 e. The van der Waals surface area contributed by atoms with Crippen molar-refractivity contribution in [3.05, 3.63) is 30.3 Å². The van der Waals surface area contributed by atoms with E-state index in [4.69, 9.17) is 9.47 Å². The van der Waals surface area contributed by atoms with Gasteiger partial charge in [-0.05, 0) is 44.9 Å². The van der Waals surface area contributed by atoms with Crippen LogP contribution in [0.4, 0.5) is 0 Å². The molecule has 0 aliphatic carbocycles. The van der Waals surface area contributed by atoms with Gasteiger partial charge in [-0.15, -0.1) is 0 Å². The van der Waals surface area contributed by atoms with E-state index in [-0.39, 0.29) is 0 Å². The molecule has 1 aromatic carbocycles. The van der Waals surface area contributed by atoms with Crippen molar-refractivity contribution < 1.29 is 9.47 Å². The van der Waals surface area contributed by atoms with Crippen molar-refractivity contribution in [3.63, 3.8) is 0 Å². The highest BCUT2D eigenvalue weighted by Gasteiger charge is 1.99. The molecule has 0 fully saturated rings. The largest absolute Gasteiger partial charge is 0.491 e. The van der Waals surface area contributed by atoms with Gasteiger partial charge in [0.2, 0.25) is 0 Å². The summed E-state index contributed by atoms with van der Waals surface area (Å²) in [5.74, 6) is 0.908. The van der Waals surface area contributed by atoms with Gasteiger partial charge in [-0.3, -0.25) is 0 Å². The van der Waals surface area contributed by atoms with Crippen LogP contribution in [0.1, 0.15) is 33.1 Å². The molecule has 0 saturated heterocycles. The van der Waals surface area contributed by atoms with Crippen molar-refractivity contribution in [1.82, 2.24) is 5.32 Å². The highest BCUT2D eigenvalue weighted by Crippen LogP contribution is 2.07. The molecule has 0 aromatic heterocycles. The summed E-state index contributed by atoms with van der Waals surface area (Å²) in [6, 6.07) is 10.5. The summed E-state index contributed by atoms with van der Waals surface area (Å²) in [6.45, 7) is 7.55. The van der Waals surface area contributed by atoms with Crippen LogP contribution in [0.5, 0.6) is 5.75 Å². The lowest BCUT2D eigenvalue weighted by Crippen LogP contribution is -2.25. The predicted molar refractivity (Wildman–Crippen MR) is 79.7 cm³/mol. The Labute approximate surface area is 117 Å². The number of nitrogens with one attached hydrogen (secondary N) is 1. The Morgan fingerprint density at radius 1 is 1.05 bits per heavy atom. The van der Waals surface area contributed by atoms with Crippen molar-refractivity contribution in [2.75, 3.05) is 26.4 Å². The van der Waals surface area contributed by atoms with Gasteiger partial charge in [-0.2, -0.15) is 0 Å². The predicted octanol–water partition coefficient (Wildman–Crippen LogP) is 3.25. The zero-order valence-electron chi connectivity index (χ0n) is 12.2. The molecule has 108 valence electrons. The Bertz CT molecular complexity index is 303. The molecule has 0 radical (unpaired) electrons. The van der Waals surface area contributed by atoms with Gasteiger partial charge in [0.05, 0.1) is 6.61 Å². The van der Waals surface area contributed by atoms with E-state index >= 15 is 0 Å². The van der Waals surface area contributed by atoms with E-state index in [1.807, 2.05) is 30.3 Å². The Kier molecular flexibility index (Phi) is 9.11. The molecular weight excluding hydrogens is 238 g/mol. The molecule has 0 aliphatic heterocycles. The minimum absolute atomic E-state index is 0.617. The third kappa shape index (κ3) is 8.62. The maximum absolute atomic E-state index is 5.55. The maximum Gasteiger partial charge on any atom is 0.119 e. The Morgan fingerprint density at radius 3 is 2.58 bits per heavy atom. The topological polar surface area (TPSA) is 30.5 Å². The summed E-state index contributed by atoms with van der Waals surface area (Å²) < 4.78 is 11.1. The molecule has 1 N–H and O–H groups in total. The molecule has 3 nitrogen and oxygen atoms in total. The number of benzene rings is 1. The van der Waals surface area contributed by atoms with Gasteiger partial charge in [-0.25, -0.2) is 0 Å². The van der Waals surface area contributed by atoms with Crippen LogP contribution in [0.15, 0.2) is 30.3 Å². The normalized spacial score (nSPS) is 12.3. The summed E-state index contributed by atoms with van der Waals surface area (Å²) in [7, 11) is 0. The van der Waals surface area contributed by atoms with Gasteiger partial charge in [0.1, 0.15) is 12.4 Å². The highest BCUT2D eigenvalue weighted by molar-refractivity contribution is 5.20. The fraction of sp³-hybridized carbons (Fsp3) is 0.625. The average molecular weight is 265 g/mol. The Balaban J connectivity index is 1.86. The zero-order chi connectivity index (χ0) is 13.8. The first kappa shape index (κ1) is 16.0. The van der Waals surface area contributed by atoms with Gasteiger partial charge >= 0.3 is 0 Å². The summed E-state index contributed by atoms with van der Waals surface area (Å²) in [4.78, 5) is 0. The number of hydrogen-bond acceptors (Lipinski definition) is 3. The summed E-state index contributed by atoms with van der Waals surface area (Å²) in [6.07, 6.45) is 3.56. The molecule has 1 atom stereocenters. The molecule has 1 rings (SSSR count). The SMILES string of the molecule is CCNC(C)CCCCOCCOc1ccccc1. The number of para-hydroxylation sites is 1. The molecule has 0 amide bonds. The van der Waals surface area contributed by atoms with E-state index in [1.165, 1.54) is 12.8 Å². The van der Waals surface area contributed by atoms with E-state index in [1.54, 1.807) is 0 Å². The van der Waals surface area contributed by atoms with Crippen LogP contribution in [-0.2, 0) is 4.74 Å². The molecule has 1 unspecified atom stereocenters. The second kappa shape index (κ2) is 10.8. The molecule has 0 aliphatic rings. The molecular formula is C16H27NO2. The monoisotopic (exact) mass is 265 g/mol. The lowest BCUT2D eigenvalue weighted by Gasteiger charge is -2.11. The van der Waals surface area contributed by atoms with Crippen molar-refractivity contribution in [2.45, 2.75) is 39.2 Å². The second-order valence-corrected chi connectivity index (χ2v) is 4.73. The van der Waals surface area contributed by atoms with Crippen LogP contribution < -0.4 is 10.1 Å². The van der Waals surface area contributed by atoms with Crippen LogP contribution in [0, 0.1) is 0 Å². The quantitative estimate of drug-likeness (QED) is 0.623. The highest BCUT2D eigenvalue weighted by atomic mass is 16.5. The third-order valence-corrected chi connectivity index (χ3v) is 2.97. The maximum atomic E-state index is 5.55. The number of ether oxygens (including phenoxy) is 2. The first-order valence-electron chi connectivity index (χ1n) is 7.32. The Hall–Kier alpha value is -1.06. The Morgan fingerprint density at radius 2 is 1.84 bits per heavy atom. The van der Waals surface area contributed by atoms with Crippen LogP contribution >= 0.6 is 0 Å². The molecule has 0 heterocycles. The van der Waals surface area contributed by atoms with Crippen molar-refractivity contribution in [3.8, 4) is 5.75 Å². The van der Waals surface area contributed by atoms with Crippen LogP contribution in [0.25, 0.3) is 0 Å². The molecule has 1 aromatic rings. The van der Waals surface area contributed by atoms with E-state index in [2.05, 4.69) is 19.2 Å². The zero-order valence-corrected chi connectivity index (χ0v) is 12.2. The summed E-state index contributed by atoms with van der Waals surface area (Å²) >= 11 is 0. The molecule has 0 spiro atoms.